The summed E-state index contributed by atoms with van der Waals surface area (Å²) in [5, 5.41) is 3.35. The number of nitrogens with two attached hydrogens (primary N) is 1. The van der Waals surface area contributed by atoms with Gasteiger partial charge in [0, 0.05) is 63.8 Å². The number of nitrogens with zero attached hydrogens (tertiary/aromatic N) is 4. The van der Waals surface area contributed by atoms with E-state index in [0.29, 0.717) is 30.2 Å². The first-order valence-electron chi connectivity index (χ1n) is 10.4. The lowest BCUT2D eigenvalue weighted by Gasteiger charge is -2.23. The van der Waals surface area contributed by atoms with E-state index in [-0.39, 0.29) is 23.9 Å². The Morgan fingerprint density at radius 3 is 2.77 bits per heavy atom. The SMILES string of the molecule is CN=Cc1cc([C@H](C)Nc2ccc(C(=O)N3CC[C@H](N(C)C(C)=O)C3)cn2)ccc1N. The Morgan fingerprint density at radius 1 is 1.35 bits per heavy atom. The van der Waals surface area contributed by atoms with Crippen LogP contribution in [0.3, 0.4) is 0 Å². The molecule has 0 aliphatic carbocycles. The normalized spacial score (nSPS) is 17.0. The summed E-state index contributed by atoms with van der Waals surface area (Å²) in [4.78, 5) is 36.3. The Labute approximate surface area is 183 Å². The first-order chi connectivity index (χ1) is 14.8. The van der Waals surface area contributed by atoms with Gasteiger partial charge in [-0.05, 0) is 43.2 Å². The van der Waals surface area contributed by atoms with E-state index in [0.717, 1.165) is 17.5 Å². The van der Waals surface area contributed by atoms with Gasteiger partial charge in [0.15, 0.2) is 0 Å². The minimum absolute atomic E-state index is 0.000107. The molecule has 3 N–H and O–H groups in total. The molecule has 1 aromatic heterocycles. The van der Waals surface area contributed by atoms with Gasteiger partial charge in [0.05, 0.1) is 11.6 Å². The van der Waals surface area contributed by atoms with Gasteiger partial charge in [0.2, 0.25) is 5.91 Å². The lowest BCUT2D eigenvalue weighted by Crippen LogP contribution is -2.38. The average molecular weight is 423 g/mol. The number of rotatable bonds is 6. The van der Waals surface area contributed by atoms with Crippen molar-refractivity contribution < 1.29 is 9.59 Å². The number of nitrogens with one attached hydrogen (secondary N) is 1. The first-order valence-corrected chi connectivity index (χ1v) is 10.4. The number of aliphatic imine (C=N–C) groups is 1. The molecule has 2 amide bonds. The molecular formula is C23H30N6O2. The fourth-order valence-corrected chi connectivity index (χ4v) is 3.71. The van der Waals surface area contributed by atoms with Crippen molar-refractivity contribution in [1.29, 1.82) is 0 Å². The van der Waals surface area contributed by atoms with Gasteiger partial charge >= 0.3 is 0 Å². The van der Waals surface area contributed by atoms with Gasteiger partial charge in [-0.15, -0.1) is 0 Å². The molecule has 2 heterocycles. The zero-order valence-electron chi connectivity index (χ0n) is 18.5. The molecule has 1 aliphatic rings. The van der Waals surface area contributed by atoms with Gasteiger partial charge in [-0.3, -0.25) is 14.6 Å². The van der Waals surface area contributed by atoms with Crippen LogP contribution in [0.2, 0.25) is 0 Å². The Kier molecular flexibility index (Phi) is 6.89. The molecule has 0 unspecified atom stereocenters. The Hall–Kier alpha value is -3.42. The number of carbonyl (C=O) groups is 2. The zero-order valence-corrected chi connectivity index (χ0v) is 18.5. The number of carbonyl (C=O) groups excluding carboxylic acids is 2. The van der Waals surface area contributed by atoms with Crippen LogP contribution in [0, 0.1) is 0 Å². The van der Waals surface area contributed by atoms with Crippen molar-refractivity contribution in [2.45, 2.75) is 32.4 Å². The van der Waals surface area contributed by atoms with E-state index < -0.39 is 0 Å². The number of likely N-dealkylation sites (N-methyl/N-ethyl adjacent to an activating group) is 1. The lowest BCUT2D eigenvalue weighted by molar-refractivity contribution is -0.129. The summed E-state index contributed by atoms with van der Waals surface area (Å²) in [6.45, 7) is 4.77. The summed E-state index contributed by atoms with van der Waals surface area (Å²) in [5.74, 6) is 0.636. The molecule has 0 radical (unpaired) electrons. The van der Waals surface area contributed by atoms with Crippen LogP contribution in [0.15, 0.2) is 41.5 Å². The van der Waals surface area contributed by atoms with Crippen molar-refractivity contribution in [2.75, 3.05) is 38.2 Å². The number of hydrogen-bond donors (Lipinski definition) is 2. The summed E-state index contributed by atoms with van der Waals surface area (Å²) in [6, 6.07) is 9.50. The summed E-state index contributed by atoms with van der Waals surface area (Å²) >= 11 is 0. The van der Waals surface area contributed by atoms with Crippen LogP contribution in [0.5, 0.6) is 0 Å². The molecule has 1 aliphatic heterocycles. The molecule has 164 valence electrons. The quantitative estimate of drug-likeness (QED) is 0.550. The maximum atomic E-state index is 12.8. The number of aromatic nitrogens is 1. The van der Waals surface area contributed by atoms with Crippen molar-refractivity contribution >= 4 is 29.5 Å². The number of anilines is 2. The van der Waals surface area contributed by atoms with E-state index in [1.54, 1.807) is 49.3 Å². The summed E-state index contributed by atoms with van der Waals surface area (Å²) in [7, 11) is 3.49. The van der Waals surface area contributed by atoms with Crippen LogP contribution in [0.25, 0.3) is 0 Å². The third-order valence-electron chi connectivity index (χ3n) is 5.75. The minimum atomic E-state index is -0.0615. The Balaban J connectivity index is 1.63. The van der Waals surface area contributed by atoms with Gasteiger partial charge in [-0.25, -0.2) is 4.98 Å². The van der Waals surface area contributed by atoms with Crippen LogP contribution < -0.4 is 11.1 Å². The van der Waals surface area contributed by atoms with Crippen LogP contribution >= 0.6 is 0 Å². The molecule has 1 fully saturated rings. The fraction of sp³-hybridized carbons (Fsp3) is 0.391. The Morgan fingerprint density at radius 2 is 2.13 bits per heavy atom. The molecule has 1 saturated heterocycles. The largest absolute Gasteiger partial charge is 0.398 e. The summed E-state index contributed by atoms with van der Waals surface area (Å²) in [5.41, 5.74) is 9.14. The summed E-state index contributed by atoms with van der Waals surface area (Å²) in [6.07, 6.45) is 4.12. The number of benzene rings is 1. The third kappa shape index (κ3) is 5.20. The van der Waals surface area contributed by atoms with Gasteiger partial charge in [0.25, 0.3) is 5.91 Å². The monoisotopic (exact) mass is 422 g/mol. The van der Waals surface area contributed by atoms with Crippen molar-refractivity contribution in [3.05, 3.63) is 53.2 Å². The highest BCUT2D eigenvalue weighted by Gasteiger charge is 2.30. The zero-order chi connectivity index (χ0) is 22.5. The van der Waals surface area contributed by atoms with Crippen molar-refractivity contribution in [3.63, 3.8) is 0 Å². The minimum Gasteiger partial charge on any atom is -0.398 e. The molecule has 0 bridgehead atoms. The number of likely N-dealkylation sites (tertiary alicyclic amines) is 1. The first kappa shape index (κ1) is 22.3. The lowest BCUT2D eigenvalue weighted by atomic mass is 10.0. The average Bonchev–Trinajstić information content (AvgIpc) is 3.25. The number of pyridine rings is 1. The number of amides is 2. The predicted molar refractivity (Wildman–Crippen MR) is 123 cm³/mol. The maximum Gasteiger partial charge on any atom is 0.255 e. The van der Waals surface area contributed by atoms with E-state index in [1.807, 2.05) is 31.2 Å². The van der Waals surface area contributed by atoms with Gasteiger partial charge in [-0.1, -0.05) is 6.07 Å². The molecule has 8 nitrogen and oxygen atoms in total. The highest BCUT2D eigenvalue weighted by Crippen LogP contribution is 2.22. The van der Waals surface area contributed by atoms with Gasteiger partial charge in [-0.2, -0.15) is 0 Å². The number of hydrogen-bond acceptors (Lipinski definition) is 6. The molecule has 3 rings (SSSR count). The standard InChI is InChI=1S/C23H30N6O2/c1-15(17-5-7-21(24)19(11-17)12-25-3)27-22-8-6-18(13-26-22)23(31)29-10-9-20(14-29)28(4)16(2)30/h5-8,11-13,15,20H,9-10,14,24H2,1-4H3,(H,26,27)/t15-,20-/m0/s1. The van der Waals surface area contributed by atoms with E-state index in [4.69, 9.17) is 5.73 Å². The van der Waals surface area contributed by atoms with E-state index >= 15 is 0 Å². The number of nitrogen functional groups attached to an aromatic ring is 1. The van der Waals surface area contributed by atoms with Crippen molar-refractivity contribution in [3.8, 4) is 0 Å². The Bertz CT molecular complexity index is 973. The highest BCUT2D eigenvalue weighted by molar-refractivity contribution is 5.94. The van der Waals surface area contributed by atoms with Crippen LogP contribution in [-0.4, -0.2) is 66.0 Å². The van der Waals surface area contributed by atoms with Crippen molar-refractivity contribution in [1.82, 2.24) is 14.8 Å². The highest BCUT2D eigenvalue weighted by atomic mass is 16.2. The predicted octanol–water partition coefficient (Wildman–Crippen LogP) is 2.58. The van der Waals surface area contributed by atoms with Gasteiger partial charge < -0.3 is 20.9 Å². The van der Waals surface area contributed by atoms with E-state index in [2.05, 4.69) is 15.3 Å². The molecule has 2 aromatic rings. The molecular weight excluding hydrogens is 392 g/mol. The van der Waals surface area contributed by atoms with Gasteiger partial charge in [0.1, 0.15) is 5.82 Å². The van der Waals surface area contributed by atoms with Crippen LogP contribution in [0.4, 0.5) is 11.5 Å². The van der Waals surface area contributed by atoms with E-state index in [1.165, 1.54) is 0 Å². The second-order valence-corrected chi connectivity index (χ2v) is 7.90. The summed E-state index contributed by atoms with van der Waals surface area (Å²) < 4.78 is 0. The third-order valence-corrected chi connectivity index (χ3v) is 5.75. The molecule has 0 saturated carbocycles. The fourth-order valence-electron chi connectivity index (χ4n) is 3.71. The van der Waals surface area contributed by atoms with E-state index in [9.17, 15) is 9.59 Å². The molecule has 1 aromatic carbocycles. The second kappa shape index (κ2) is 9.59. The molecule has 31 heavy (non-hydrogen) atoms. The second-order valence-electron chi connectivity index (χ2n) is 7.90. The smallest absolute Gasteiger partial charge is 0.255 e. The maximum absolute atomic E-state index is 12.8. The topological polar surface area (TPSA) is 104 Å². The van der Waals surface area contributed by atoms with Crippen LogP contribution in [0.1, 0.15) is 47.8 Å². The van der Waals surface area contributed by atoms with Crippen molar-refractivity contribution in [2.24, 2.45) is 4.99 Å². The van der Waals surface area contributed by atoms with Crippen LogP contribution in [-0.2, 0) is 4.79 Å². The molecule has 2 atom stereocenters. The molecule has 8 heteroatoms. The molecule has 0 spiro atoms.